The van der Waals surface area contributed by atoms with Crippen molar-refractivity contribution in [2.75, 3.05) is 29.6 Å². The molecule has 0 atom stereocenters. The van der Waals surface area contributed by atoms with Gasteiger partial charge in [-0.15, -0.1) is 0 Å². The summed E-state index contributed by atoms with van der Waals surface area (Å²) in [5, 5.41) is 7.08. The number of ether oxygens (including phenoxy) is 2. The number of benzene rings is 2. The number of rotatable bonds is 7. The van der Waals surface area contributed by atoms with E-state index in [1.165, 1.54) is 32.4 Å². The van der Waals surface area contributed by atoms with E-state index in [0.717, 1.165) is 0 Å². The molecule has 0 bridgehead atoms. The maximum Gasteiger partial charge on any atom is 0.321 e. The first-order valence-corrected chi connectivity index (χ1v) is 11.5. The van der Waals surface area contributed by atoms with Crippen molar-refractivity contribution in [2.45, 2.75) is 4.90 Å². The van der Waals surface area contributed by atoms with Gasteiger partial charge in [0, 0.05) is 16.8 Å². The number of aromatic nitrogens is 2. The van der Waals surface area contributed by atoms with Crippen LogP contribution in [-0.2, 0) is 10.0 Å². The van der Waals surface area contributed by atoms with E-state index < -0.39 is 10.0 Å². The van der Waals surface area contributed by atoms with Crippen LogP contribution >= 0.6 is 35.4 Å². The molecule has 0 radical (unpaired) electrons. The van der Waals surface area contributed by atoms with Crippen molar-refractivity contribution < 1.29 is 17.9 Å². The molecule has 3 N–H and O–H groups in total. The number of methoxy groups -OCH3 is 2. The third kappa shape index (κ3) is 6.10. The molecule has 0 saturated carbocycles. The molecular formula is C19H17Cl2N5O4S2. The van der Waals surface area contributed by atoms with Crippen LogP contribution in [0.15, 0.2) is 53.4 Å². The Morgan fingerprint density at radius 3 is 2.31 bits per heavy atom. The van der Waals surface area contributed by atoms with Gasteiger partial charge in [0.15, 0.2) is 10.9 Å². The quantitative estimate of drug-likeness (QED) is 0.395. The molecule has 3 aromatic rings. The van der Waals surface area contributed by atoms with E-state index in [1.54, 1.807) is 30.3 Å². The fraction of sp³-hybridized carbons (Fsp3) is 0.105. The van der Waals surface area contributed by atoms with E-state index in [1.807, 2.05) is 0 Å². The van der Waals surface area contributed by atoms with Gasteiger partial charge in [-0.3, -0.25) is 4.72 Å². The maximum absolute atomic E-state index is 12.7. The van der Waals surface area contributed by atoms with Gasteiger partial charge in [-0.2, -0.15) is 9.97 Å². The molecule has 168 valence electrons. The molecule has 0 unspecified atom stereocenters. The molecule has 0 saturated heterocycles. The monoisotopic (exact) mass is 513 g/mol. The second-order valence-electron chi connectivity index (χ2n) is 6.12. The Morgan fingerprint density at radius 1 is 0.969 bits per heavy atom. The molecule has 0 fully saturated rings. The molecule has 0 aliphatic carbocycles. The van der Waals surface area contributed by atoms with E-state index in [-0.39, 0.29) is 27.7 Å². The van der Waals surface area contributed by atoms with Crippen LogP contribution in [0.1, 0.15) is 0 Å². The number of sulfonamides is 1. The van der Waals surface area contributed by atoms with E-state index in [2.05, 4.69) is 25.3 Å². The number of hydrogen-bond acceptors (Lipinski definition) is 7. The van der Waals surface area contributed by atoms with Gasteiger partial charge < -0.3 is 20.1 Å². The summed E-state index contributed by atoms with van der Waals surface area (Å²) in [5.74, 6) is 0.150. The van der Waals surface area contributed by atoms with Crippen LogP contribution in [-0.4, -0.2) is 37.7 Å². The van der Waals surface area contributed by atoms with Crippen LogP contribution in [0, 0.1) is 0 Å². The van der Waals surface area contributed by atoms with E-state index in [0.29, 0.717) is 21.4 Å². The lowest BCUT2D eigenvalue weighted by Crippen LogP contribution is -2.19. The predicted molar refractivity (Wildman–Crippen MR) is 129 cm³/mol. The van der Waals surface area contributed by atoms with E-state index >= 15 is 0 Å². The Balaban J connectivity index is 1.69. The highest BCUT2D eigenvalue weighted by Crippen LogP contribution is 2.26. The van der Waals surface area contributed by atoms with Gasteiger partial charge in [0.25, 0.3) is 10.0 Å². The van der Waals surface area contributed by atoms with Gasteiger partial charge in [-0.05, 0) is 54.7 Å². The molecule has 0 aliphatic rings. The van der Waals surface area contributed by atoms with E-state index in [4.69, 9.17) is 44.9 Å². The third-order valence-electron chi connectivity index (χ3n) is 3.91. The summed E-state index contributed by atoms with van der Waals surface area (Å²) >= 11 is 17.3. The summed E-state index contributed by atoms with van der Waals surface area (Å²) < 4.78 is 37.7. The molecule has 0 aliphatic heterocycles. The molecule has 2 aromatic carbocycles. The van der Waals surface area contributed by atoms with Crippen LogP contribution in [0.5, 0.6) is 11.9 Å². The first kappa shape index (κ1) is 23.8. The summed E-state index contributed by atoms with van der Waals surface area (Å²) in [7, 11) is -1.17. The van der Waals surface area contributed by atoms with Crippen LogP contribution in [0.3, 0.4) is 0 Å². The number of nitrogens with one attached hydrogen (secondary N) is 3. The zero-order chi connectivity index (χ0) is 23.3. The van der Waals surface area contributed by atoms with Crippen LogP contribution < -0.4 is 24.8 Å². The summed E-state index contributed by atoms with van der Waals surface area (Å²) in [6, 6.07) is 12.2. The average molecular weight is 514 g/mol. The van der Waals surface area contributed by atoms with Crippen molar-refractivity contribution in [2.24, 2.45) is 0 Å². The minimum absolute atomic E-state index is 0.00104. The van der Waals surface area contributed by atoms with Crippen molar-refractivity contribution in [3.63, 3.8) is 0 Å². The van der Waals surface area contributed by atoms with Gasteiger partial charge in [-0.25, -0.2) is 8.42 Å². The molecular weight excluding hydrogens is 497 g/mol. The topological polar surface area (TPSA) is 114 Å². The first-order valence-electron chi connectivity index (χ1n) is 8.83. The van der Waals surface area contributed by atoms with E-state index in [9.17, 15) is 8.42 Å². The summed E-state index contributed by atoms with van der Waals surface area (Å²) in [4.78, 5) is 7.89. The minimum Gasteiger partial charge on any atom is -0.481 e. The molecule has 32 heavy (non-hydrogen) atoms. The van der Waals surface area contributed by atoms with Gasteiger partial charge in [0.1, 0.15) is 0 Å². The highest BCUT2D eigenvalue weighted by Gasteiger charge is 2.17. The zero-order valence-corrected chi connectivity index (χ0v) is 19.9. The first-order chi connectivity index (χ1) is 15.2. The molecule has 1 heterocycles. The van der Waals surface area contributed by atoms with Crippen molar-refractivity contribution in [1.82, 2.24) is 9.97 Å². The van der Waals surface area contributed by atoms with Crippen molar-refractivity contribution in [3.05, 3.63) is 58.6 Å². The predicted octanol–water partition coefficient (Wildman–Crippen LogP) is 4.41. The highest BCUT2D eigenvalue weighted by atomic mass is 35.5. The second-order valence-corrected chi connectivity index (χ2v) is 9.05. The Bertz CT molecular complexity index is 1220. The Morgan fingerprint density at radius 2 is 1.69 bits per heavy atom. The Kier molecular flexibility index (Phi) is 7.56. The zero-order valence-electron chi connectivity index (χ0n) is 16.7. The Labute approximate surface area is 200 Å². The van der Waals surface area contributed by atoms with Crippen molar-refractivity contribution in [1.29, 1.82) is 0 Å². The van der Waals surface area contributed by atoms with Gasteiger partial charge in [-0.1, -0.05) is 23.2 Å². The third-order valence-corrected chi connectivity index (χ3v) is 6.04. The standard InChI is InChI=1S/C19H17Cl2N5O4S2/c1-29-17-10-16(24-18(25-17)30-2)26-32(27,28)13-6-4-12(5-7-13)22-19(31)23-15-8-3-11(20)9-14(15)21/h3-10H,1-2H3,(H2,22,23,31)(H,24,25,26). The fourth-order valence-corrected chi connectivity index (χ4v) is 4.12. The summed E-state index contributed by atoms with van der Waals surface area (Å²) in [6.07, 6.45) is 0. The minimum atomic E-state index is -3.92. The van der Waals surface area contributed by atoms with Crippen molar-refractivity contribution in [3.8, 4) is 11.9 Å². The molecule has 3 rings (SSSR count). The second kappa shape index (κ2) is 10.2. The smallest absolute Gasteiger partial charge is 0.321 e. The number of anilines is 3. The summed E-state index contributed by atoms with van der Waals surface area (Å²) in [5.41, 5.74) is 1.14. The lowest BCUT2D eigenvalue weighted by atomic mass is 10.3. The van der Waals surface area contributed by atoms with Crippen LogP contribution in [0.4, 0.5) is 17.2 Å². The molecule has 0 spiro atoms. The lowest BCUT2D eigenvalue weighted by molar-refractivity contribution is 0.353. The van der Waals surface area contributed by atoms with Gasteiger partial charge in [0.05, 0.1) is 29.8 Å². The highest BCUT2D eigenvalue weighted by molar-refractivity contribution is 7.92. The average Bonchev–Trinajstić information content (AvgIpc) is 2.75. The number of thiocarbonyl (C=S) groups is 1. The maximum atomic E-state index is 12.7. The largest absolute Gasteiger partial charge is 0.481 e. The van der Waals surface area contributed by atoms with Crippen LogP contribution in [0.25, 0.3) is 0 Å². The van der Waals surface area contributed by atoms with Gasteiger partial charge in [0.2, 0.25) is 5.88 Å². The SMILES string of the molecule is COc1cc(NS(=O)(=O)c2ccc(NC(=S)Nc3ccc(Cl)cc3Cl)cc2)nc(OC)n1. The van der Waals surface area contributed by atoms with Crippen molar-refractivity contribution >= 4 is 67.7 Å². The molecule has 9 nitrogen and oxygen atoms in total. The molecule has 0 amide bonds. The summed E-state index contributed by atoms with van der Waals surface area (Å²) in [6.45, 7) is 0. The molecule has 1 aromatic heterocycles. The van der Waals surface area contributed by atoms with Gasteiger partial charge >= 0.3 is 6.01 Å². The van der Waals surface area contributed by atoms with Crippen LogP contribution in [0.2, 0.25) is 10.0 Å². The number of hydrogen-bond donors (Lipinski definition) is 3. The number of halogens is 2. The molecule has 13 heteroatoms. The normalized spacial score (nSPS) is 10.9. The number of nitrogens with zero attached hydrogens (tertiary/aromatic N) is 2. The Hall–Kier alpha value is -2.86. The lowest BCUT2D eigenvalue weighted by Gasteiger charge is -2.13. The fourth-order valence-electron chi connectivity index (χ4n) is 2.44.